The number of aromatic nitrogens is 1. The molecule has 4 rings (SSSR count). The zero-order valence-electron chi connectivity index (χ0n) is 16.9. The van der Waals surface area contributed by atoms with Crippen LogP contribution in [0.15, 0.2) is 41.9 Å². The van der Waals surface area contributed by atoms with E-state index in [2.05, 4.69) is 20.9 Å². The molecule has 1 aliphatic heterocycles. The number of nitrogens with zero attached hydrogens (tertiary/aromatic N) is 2. The Morgan fingerprint density at radius 2 is 1.97 bits per heavy atom. The van der Waals surface area contributed by atoms with Crippen LogP contribution in [0.5, 0.6) is 0 Å². The predicted octanol–water partition coefficient (Wildman–Crippen LogP) is 5.61. The lowest BCUT2D eigenvalue weighted by molar-refractivity contribution is -0.385. The predicted molar refractivity (Wildman–Crippen MR) is 128 cm³/mol. The third-order valence-corrected chi connectivity index (χ3v) is 6.60. The topological polar surface area (TPSA) is 109 Å². The Kier molecular flexibility index (Phi) is 5.81. The SMILES string of the molecule is Cc1ccc2c(c1[N+](=O)[O-])C(=O)NC(/C=C/c1scnc1C)(Nc1ccc(Cl)c(Cl)c1)N2. The zero-order chi connectivity index (χ0) is 23.0. The second-order valence-electron chi connectivity index (χ2n) is 7.19. The van der Waals surface area contributed by atoms with E-state index in [0.717, 1.165) is 10.6 Å². The smallest absolute Gasteiger partial charge is 0.287 e. The first-order valence-corrected chi connectivity index (χ1v) is 11.0. The first kappa shape index (κ1) is 22.1. The number of nitro benzene ring substituents is 1. The van der Waals surface area contributed by atoms with Crippen LogP contribution in [0.1, 0.15) is 26.5 Å². The number of hydrogen-bond acceptors (Lipinski definition) is 7. The highest BCUT2D eigenvalue weighted by Gasteiger charge is 2.40. The lowest BCUT2D eigenvalue weighted by atomic mass is 10.0. The van der Waals surface area contributed by atoms with Crippen molar-refractivity contribution in [2.45, 2.75) is 19.6 Å². The molecule has 2 aromatic carbocycles. The van der Waals surface area contributed by atoms with Crippen molar-refractivity contribution in [1.82, 2.24) is 10.3 Å². The standard InChI is InChI=1S/C21H17Cl2N5O3S/c1-11-3-6-16-18(19(11)28(30)31)20(29)27-21(26-16,8-7-17-12(2)24-10-32-17)25-13-4-5-14(22)15(23)9-13/h3-10,25-26H,1-2H3,(H,27,29)/b8-7+. The minimum atomic E-state index is -1.30. The molecule has 8 nitrogen and oxygen atoms in total. The van der Waals surface area contributed by atoms with E-state index in [-0.39, 0.29) is 11.3 Å². The highest BCUT2D eigenvalue weighted by Crippen LogP contribution is 2.36. The van der Waals surface area contributed by atoms with E-state index < -0.39 is 16.6 Å². The number of halogens is 2. The molecule has 0 saturated carbocycles. The Morgan fingerprint density at radius 3 is 2.62 bits per heavy atom. The van der Waals surface area contributed by atoms with E-state index in [4.69, 9.17) is 23.2 Å². The molecule has 1 unspecified atom stereocenters. The maximum Gasteiger partial charge on any atom is 0.287 e. The fourth-order valence-electron chi connectivity index (χ4n) is 3.41. The first-order valence-electron chi connectivity index (χ1n) is 9.40. The Hall–Kier alpha value is -3.14. The number of carbonyl (C=O) groups is 1. The average molecular weight is 490 g/mol. The van der Waals surface area contributed by atoms with Crippen molar-refractivity contribution in [1.29, 1.82) is 0 Å². The number of rotatable bonds is 5. The van der Waals surface area contributed by atoms with Crippen molar-refractivity contribution < 1.29 is 9.72 Å². The Labute approximate surface area is 197 Å². The lowest BCUT2D eigenvalue weighted by Crippen LogP contribution is -2.61. The monoisotopic (exact) mass is 489 g/mol. The third kappa shape index (κ3) is 4.14. The van der Waals surface area contributed by atoms with E-state index in [1.54, 1.807) is 48.8 Å². The van der Waals surface area contributed by atoms with Gasteiger partial charge in [-0.1, -0.05) is 29.3 Å². The Bertz CT molecular complexity index is 1280. The maximum absolute atomic E-state index is 13.1. The summed E-state index contributed by atoms with van der Waals surface area (Å²) >= 11 is 13.6. The molecule has 164 valence electrons. The molecule has 1 atom stereocenters. The molecule has 32 heavy (non-hydrogen) atoms. The summed E-state index contributed by atoms with van der Waals surface area (Å²) in [4.78, 5) is 29.3. The molecule has 3 aromatic rings. The molecule has 2 heterocycles. The molecule has 11 heteroatoms. The second kappa shape index (κ2) is 8.42. The van der Waals surface area contributed by atoms with Gasteiger partial charge in [0.15, 0.2) is 0 Å². The number of aryl methyl sites for hydroxylation is 2. The number of nitro groups is 1. The van der Waals surface area contributed by atoms with Crippen LogP contribution in [0.25, 0.3) is 6.08 Å². The quantitative estimate of drug-likeness (QED) is 0.317. The number of thiazole rings is 1. The molecular formula is C21H17Cl2N5O3S. The fraction of sp³-hybridized carbons (Fsp3) is 0.143. The molecule has 3 N–H and O–H groups in total. The summed E-state index contributed by atoms with van der Waals surface area (Å²) in [7, 11) is 0. The van der Waals surface area contributed by atoms with Crippen molar-refractivity contribution in [3.8, 4) is 0 Å². The molecule has 1 aliphatic rings. The number of amides is 1. The van der Waals surface area contributed by atoms with Crippen LogP contribution in [0.2, 0.25) is 10.0 Å². The van der Waals surface area contributed by atoms with Gasteiger partial charge in [0.1, 0.15) is 5.56 Å². The second-order valence-corrected chi connectivity index (χ2v) is 8.89. The zero-order valence-corrected chi connectivity index (χ0v) is 19.2. The van der Waals surface area contributed by atoms with E-state index in [1.165, 1.54) is 11.3 Å². The maximum atomic E-state index is 13.1. The van der Waals surface area contributed by atoms with Gasteiger partial charge in [0.25, 0.3) is 11.6 Å². The Balaban J connectivity index is 1.81. The van der Waals surface area contributed by atoms with Crippen LogP contribution in [-0.2, 0) is 0 Å². The van der Waals surface area contributed by atoms with Crippen LogP contribution in [0.4, 0.5) is 17.1 Å². The third-order valence-electron chi connectivity index (χ3n) is 4.96. The molecule has 0 bridgehead atoms. The number of nitrogens with one attached hydrogen (secondary N) is 3. The minimum absolute atomic E-state index is 0.0241. The highest BCUT2D eigenvalue weighted by molar-refractivity contribution is 7.10. The normalized spacial score (nSPS) is 17.6. The van der Waals surface area contributed by atoms with Gasteiger partial charge in [-0.05, 0) is 50.3 Å². The molecule has 0 aliphatic carbocycles. The first-order chi connectivity index (χ1) is 15.2. The summed E-state index contributed by atoms with van der Waals surface area (Å²) in [5.74, 6) is -1.90. The van der Waals surface area contributed by atoms with Gasteiger partial charge in [-0.25, -0.2) is 4.98 Å². The van der Waals surface area contributed by atoms with E-state index in [9.17, 15) is 14.9 Å². The van der Waals surface area contributed by atoms with Crippen LogP contribution in [0, 0.1) is 24.0 Å². The van der Waals surface area contributed by atoms with E-state index in [1.807, 2.05) is 13.0 Å². The van der Waals surface area contributed by atoms with E-state index >= 15 is 0 Å². The number of carbonyl (C=O) groups excluding carboxylic acids is 1. The number of anilines is 2. The van der Waals surface area contributed by atoms with E-state index in [0.29, 0.717) is 27.0 Å². The molecular weight excluding hydrogens is 473 g/mol. The molecule has 0 radical (unpaired) electrons. The van der Waals surface area contributed by atoms with Gasteiger partial charge < -0.3 is 16.0 Å². The van der Waals surface area contributed by atoms with Gasteiger partial charge in [0.05, 0.1) is 31.9 Å². The molecule has 0 spiro atoms. The van der Waals surface area contributed by atoms with Crippen molar-refractivity contribution in [3.05, 3.63) is 83.8 Å². The highest BCUT2D eigenvalue weighted by atomic mass is 35.5. The van der Waals surface area contributed by atoms with Crippen molar-refractivity contribution in [2.75, 3.05) is 10.6 Å². The fourth-order valence-corrected chi connectivity index (χ4v) is 4.40. The molecule has 0 fully saturated rings. The molecule has 0 saturated heterocycles. The minimum Gasteiger partial charge on any atom is -0.342 e. The van der Waals surface area contributed by atoms with Crippen LogP contribution in [-0.4, -0.2) is 21.6 Å². The summed E-state index contributed by atoms with van der Waals surface area (Å²) in [6.45, 7) is 3.47. The molecule has 1 aromatic heterocycles. The van der Waals surface area contributed by atoms with Crippen LogP contribution >= 0.6 is 34.5 Å². The summed E-state index contributed by atoms with van der Waals surface area (Å²) in [5.41, 5.74) is 3.59. The van der Waals surface area contributed by atoms with Crippen LogP contribution < -0.4 is 16.0 Å². The largest absolute Gasteiger partial charge is 0.342 e. The average Bonchev–Trinajstić information content (AvgIpc) is 3.14. The Morgan fingerprint density at radius 1 is 1.19 bits per heavy atom. The number of fused-ring (bicyclic) bond motifs is 1. The van der Waals surface area contributed by atoms with Crippen molar-refractivity contribution in [3.63, 3.8) is 0 Å². The summed E-state index contributed by atoms with van der Waals surface area (Å²) in [6.07, 6.45) is 3.54. The van der Waals surface area contributed by atoms with Gasteiger partial charge in [0.2, 0.25) is 5.79 Å². The van der Waals surface area contributed by atoms with Gasteiger partial charge in [-0.2, -0.15) is 0 Å². The van der Waals surface area contributed by atoms with Crippen molar-refractivity contribution in [2.24, 2.45) is 0 Å². The van der Waals surface area contributed by atoms with Gasteiger partial charge in [-0.15, -0.1) is 11.3 Å². The number of benzene rings is 2. The van der Waals surface area contributed by atoms with Gasteiger partial charge >= 0.3 is 0 Å². The van der Waals surface area contributed by atoms with Crippen molar-refractivity contribution >= 4 is 63.6 Å². The molecule has 1 amide bonds. The lowest BCUT2D eigenvalue weighted by Gasteiger charge is -2.39. The number of hydrogen-bond donors (Lipinski definition) is 3. The van der Waals surface area contributed by atoms with Gasteiger partial charge in [-0.3, -0.25) is 14.9 Å². The summed E-state index contributed by atoms with van der Waals surface area (Å²) < 4.78 is 0. The van der Waals surface area contributed by atoms with Crippen LogP contribution in [0.3, 0.4) is 0 Å². The van der Waals surface area contributed by atoms with Gasteiger partial charge in [0, 0.05) is 16.1 Å². The summed E-state index contributed by atoms with van der Waals surface area (Å²) in [6, 6.07) is 8.21. The summed E-state index contributed by atoms with van der Waals surface area (Å²) in [5, 5.41) is 21.6.